The highest BCUT2D eigenvalue weighted by atomic mass is 16.6. The number of likely N-dealkylation sites (tertiary alicyclic amines) is 1. The van der Waals surface area contributed by atoms with Gasteiger partial charge in [-0.15, -0.1) is 0 Å². The molecule has 1 aromatic rings. The fourth-order valence-electron chi connectivity index (χ4n) is 2.44. The molecule has 0 radical (unpaired) electrons. The molecule has 2 rings (SSSR count). The second kappa shape index (κ2) is 6.74. The molecular weight excluding hydrogens is 212 g/mol. The summed E-state index contributed by atoms with van der Waals surface area (Å²) in [6.07, 6.45) is 4.98. The first-order valence-electron chi connectivity index (χ1n) is 6.50. The van der Waals surface area contributed by atoms with E-state index in [0.29, 0.717) is 6.61 Å². The quantitative estimate of drug-likeness (QED) is 0.793. The van der Waals surface area contributed by atoms with Crippen LogP contribution in [0.5, 0.6) is 0 Å². The van der Waals surface area contributed by atoms with Gasteiger partial charge in [-0.05, 0) is 43.5 Å². The molecule has 0 amide bonds. The monoisotopic (exact) mass is 234 g/mol. The number of hydrogen-bond donors (Lipinski definition) is 1. The van der Waals surface area contributed by atoms with Crippen molar-refractivity contribution in [3.63, 3.8) is 0 Å². The van der Waals surface area contributed by atoms with Gasteiger partial charge in [0, 0.05) is 6.54 Å². The van der Waals surface area contributed by atoms with Crippen LogP contribution in [0.1, 0.15) is 30.4 Å². The highest BCUT2D eigenvalue weighted by Gasteiger charge is 2.10. The normalized spacial score (nSPS) is 17.2. The van der Waals surface area contributed by atoms with E-state index in [1.807, 2.05) is 0 Å². The van der Waals surface area contributed by atoms with Gasteiger partial charge in [-0.3, -0.25) is 4.90 Å². The van der Waals surface area contributed by atoms with Crippen molar-refractivity contribution in [2.75, 3.05) is 19.7 Å². The maximum absolute atomic E-state index is 5.06. The van der Waals surface area contributed by atoms with Gasteiger partial charge >= 0.3 is 0 Å². The van der Waals surface area contributed by atoms with Crippen molar-refractivity contribution in [2.45, 2.75) is 32.2 Å². The summed E-state index contributed by atoms with van der Waals surface area (Å²) in [4.78, 5) is 7.17. The Morgan fingerprint density at radius 3 is 2.65 bits per heavy atom. The van der Waals surface area contributed by atoms with Crippen LogP contribution in [0.25, 0.3) is 0 Å². The predicted octanol–water partition coefficient (Wildman–Crippen LogP) is 2.11. The summed E-state index contributed by atoms with van der Waals surface area (Å²) in [7, 11) is 0. The van der Waals surface area contributed by atoms with Crippen LogP contribution < -0.4 is 5.90 Å². The predicted molar refractivity (Wildman–Crippen MR) is 69.4 cm³/mol. The Morgan fingerprint density at radius 1 is 1.12 bits per heavy atom. The summed E-state index contributed by atoms with van der Waals surface area (Å²) in [6.45, 7) is 4.16. The van der Waals surface area contributed by atoms with E-state index in [1.54, 1.807) is 0 Å². The van der Waals surface area contributed by atoms with Crippen LogP contribution >= 0.6 is 0 Å². The standard InChI is InChI=1S/C14H22N2O/c15-17-10-7-13-5-4-6-14(11-13)12-16-8-2-1-3-9-16/h4-6,11H,1-3,7-10,12,15H2. The summed E-state index contributed by atoms with van der Waals surface area (Å²) < 4.78 is 0. The first-order chi connectivity index (χ1) is 8.38. The van der Waals surface area contributed by atoms with Gasteiger partial charge in [0.15, 0.2) is 0 Å². The zero-order valence-electron chi connectivity index (χ0n) is 10.4. The molecule has 2 N–H and O–H groups in total. The molecule has 0 unspecified atom stereocenters. The lowest BCUT2D eigenvalue weighted by Gasteiger charge is -2.26. The SMILES string of the molecule is NOCCc1cccc(CN2CCCCC2)c1. The smallest absolute Gasteiger partial charge is 0.0719 e. The van der Waals surface area contributed by atoms with Gasteiger partial charge in [0.1, 0.15) is 0 Å². The molecule has 1 heterocycles. The summed E-state index contributed by atoms with van der Waals surface area (Å²) in [5.74, 6) is 5.06. The number of benzene rings is 1. The lowest BCUT2D eigenvalue weighted by Crippen LogP contribution is -2.29. The van der Waals surface area contributed by atoms with Gasteiger partial charge in [-0.2, -0.15) is 0 Å². The highest BCUT2D eigenvalue weighted by Crippen LogP contribution is 2.14. The highest BCUT2D eigenvalue weighted by molar-refractivity contribution is 5.23. The van der Waals surface area contributed by atoms with Gasteiger partial charge in [0.2, 0.25) is 0 Å². The van der Waals surface area contributed by atoms with Crippen LogP contribution in [0.2, 0.25) is 0 Å². The fraction of sp³-hybridized carbons (Fsp3) is 0.571. The number of piperidine rings is 1. The van der Waals surface area contributed by atoms with E-state index in [4.69, 9.17) is 5.90 Å². The Kier molecular flexibility index (Phi) is 4.98. The maximum atomic E-state index is 5.06. The minimum Gasteiger partial charge on any atom is -0.304 e. The molecule has 0 bridgehead atoms. The van der Waals surface area contributed by atoms with Crippen LogP contribution in [0, 0.1) is 0 Å². The van der Waals surface area contributed by atoms with Crippen LogP contribution in [0.3, 0.4) is 0 Å². The first kappa shape index (κ1) is 12.6. The van der Waals surface area contributed by atoms with Crippen molar-refractivity contribution >= 4 is 0 Å². The third-order valence-corrected chi connectivity index (χ3v) is 3.35. The second-order valence-electron chi connectivity index (χ2n) is 4.78. The molecule has 1 aliphatic rings. The fourth-order valence-corrected chi connectivity index (χ4v) is 2.44. The molecule has 0 aromatic heterocycles. The van der Waals surface area contributed by atoms with E-state index < -0.39 is 0 Å². The van der Waals surface area contributed by atoms with Crippen molar-refractivity contribution in [3.05, 3.63) is 35.4 Å². The molecule has 0 atom stereocenters. The van der Waals surface area contributed by atoms with Crippen LogP contribution in [-0.4, -0.2) is 24.6 Å². The Balaban J connectivity index is 1.90. The minimum atomic E-state index is 0.590. The molecule has 3 heteroatoms. The Morgan fingerprint density at radius 2 is 1.88 bits per heavy atom. The van der Waals surface area contributed by atoms with Crippen molar-refractivity contribution in [2.24, 2.45) is 5.90 Å². The molecule has 94 valence electrons. The average molecular weight is 234 g/mol. The number of hydrogen-bond acceptors (Lipinski definition) is 3. The summed E-state index contributed by atoms with van der Waals surface area (Å²) >= 11 is 0. The van der Waals surface area contributed by atoms with Crippen molar-refractivity contribution in [1.82, 2.24) is 4.90 Å². The lowest BCUT2D eigenvalue weighted by atomic mass is 10.1. The zero-order valence-corrected chi connectivity index (χ0v) is 10.4. The number of rotatable bonds is 5. The first-order valence-corrected chi connectivity index (χ1v) is 6.50. The second-order valence-corrected chi connectivity index (χ2v) is 4.78. The Bertz CT molecular complexity index is 335. The molecule has 17 heavy (non-hydrogen) atoms. The third kappa shape index (κ3) is 4.11. The Hall–Kier alpha value is -0.900. The molecule has 1 aliphatic heterocycles. The largest absolute Gasteiger partial charge is 0.304 e. The number of nitrogens with two attached hydrogens (primary N) is 1. The number of nitrogens with zero attached hydrogens (tertiary/aromatic N) is 1. The third-order valence-electron chi connectivity index (χ3n) is 3.35. The summed E-state index contributed by atoms with van der Waals surface area (Å²) in [5, 5.41) is 0. The van der Waals surface area contributed by atoms with Crippen molar-refractivity contribution in [3.8, 4) is 0 Å². The summed E-state index contributed by atoms with van der Waals surface area (Å²) in [5.41, 5.74) is 2.71. The van der Waals surface area contributed by atoms with Gasteiger partial charge in [0.25, 0.3) is 0 Å². The maximum Gasteiger partial charge on any atom is 0.0719 e. The van der Waals surface area contributed by atoms with Gasteiger partial charge in [0.05, 0.1) is 6.61 Å². The molecular formula is C14H22N2O. The summed E-state index contributed by atoms with van der Waals surface area (Å²) in [6, 6.07) is 8.75. The molecule has 1 aromatic carbocycles. The van der Waals surface area contributed by atoms with Crippen LogP contribution in [0.4, 0.5) is 0 Å². The van der Waals surface area contributed by atoms with Crippen LogP contribution in [0.15, 0.2) is 24.3 Å². The van der Waals surface area contributed by atoms with E-state index in [-0.39, 0.29) is 0 Å². The molecule has 1 saturated heterocycles. The van der Waals surface area contributed by atoms with Crippen molar-refractivity contribution in [1.29, 1.82) is 0 Å². The van der Waals surface area contributed by atoms with Crippen LogP contribution in [-0.2, 0) is 17.8 Å². The topological polar surface area (TPSA) is 38.5 Å². The van der Waals surface area contributed by atoms with E-state index in [1.165, 1.54) is 43.5 Å². The van der Waals surface area contributed by atoms with E-state index in [0.717, 1.165) is 13.0 Å². The van der Waals surface area contributed by atoms with E-state index >= 15 is 0 Å². The van der Waals surface area contributed by atoms with Crippen molar-refractivity contribution < 1.29 is 4.84 Å². The van der Waals surface area contributed by atoms with E-state index in [2.05, 4.69) is 34.0 Å². The Labute approximate surface area is 104 Å². The lowest BCUT2D eigenvalue weighted by molar-refractivity contribution is 0.141. The minimum absolute atomic E-state index is 0.590. The van der Waals surface area contributed by atoms with Gasteiger partial charge in [-0.1, -0.05) is 30.7 Å². The molecule has 0 saturated carbocycles. The van der Waals surface area contributed by atoms with Gasteiger partial charge < -0.3 is 4.84 Å². The van der Waals surface area contributed by atoms with Gasteiger partial charge in [-0.25, -0.2) is 5.90 Å². The van der Waals surface area contributed by atoms with E-state index in [9.17, 15) is 0 Å². The average Bonchev–Trinajstić information content (AvgIpc) is 2.38. The zero-order chi connectivity index (χ0) is 11.9. The molecule has 0 aliphatic carbocycles. The molecule has 0 spiro atoms. The molecule has 3 nitrogen and oxygen atoms in total. The molecule has 1 fully saturated rings.